The minimum Gasteiger partial charge on any atom is -0.487 e. The van der Waals surface area contributed by atoms with Gasteiger partial charge >= 0.3 is 0 Å². The van der Waals surface area contributed by atoms with Crippen LogP contribution in [0.25, 0.3) is 0 Å². The number of hydrogen-bond acceptors (Lipinski definition) is 5. The zero-order valence-electron chi connectivity index (χ0n) is 16.6. The van der Waals surface area contributed by atoms with Gasteiger partial charge in [0.15, 0.2) is 0 Å². The first-order valence-electron chi connectivity index (χ1n) is 9.15. The molecule has 0 saturated heterocycles. The van der Waals surface area contributed by atoms with E-state index in [1.54, 1.807) is 55.8 Å². The molecule has 1 N–H and O–H groups in total. The summed E-state index contributed by atoms with van der Waals surface area (Å²) in [5.74, 6) is 0.383. The monoisotopic (exact) mass is 409 g/mol. The molecular formula is C22H23N3O3S. The smallest absolute Gasteiger partial charge is 0.253 e. The maximum Gasteiger partial charge on any atom is 0.253 e. The van der Waals surface area contributed by atoms with Crippen LogP contribution in [-0.2, 0) is 13.2 Å². The number of amides is 2. The average Bonchev–Trinajstić information content (AvgIpc) is 3.15. The first-order valence-corrected chi connectivity index (χ1v) is 10.0. The van der Waals surface area contributed by atoms with E-state index in [1.165, 1.54) is 4.90 Å². The maximum atomic E-state index is 12.5. The number of aromatic nitrogens is 1. The third kappa shape index (κ3) is 5.65. The second kappa shape index (κ2) is 9.34. The molecule has 2 amide bonds. The van der Waals surface area contributed by atoms with E-state index in [4.69, 9.17) is 4.74 Å². The SMILES string of the molecule is Cc1nc(COc2cccc(C(=O)NCc3ccc(C(=O)N(C)C)cc3)c2)cs1. The lowest BCUT2D eigenvalue weighted by atomic mass is 10.1. The van der Waals surface area contributed by atoms with Crippen molar-refractivity contribution >= 4 is 23.2 Å². The molecule has 150 valence electrons. The summed E-state index contributed by atoms with van der Waals surface area (Å²) in [4.78, 5) is 30.3. The van der Waals surface area contributed by atoms with Gasteiger partial charge in [-0.3, -0.25) is 9.59 Å². The number of nitrogens with one attached hydrogen (secondary N) is 1. The largest absolute Gasteiger partial charge is 0.487 e. The lowest BCUT2D eigenvalue weighted by Crippen LogP contribution is -2.23. The highest BCUT2D eigenvalue weighted by atomic mass is 32.1. The molecule has 0 bridgehead atoms. The molecule has 0 aliphatic rings. The summed E-state index contributed by atoms with van der Waals surface area (Å²) in [5, 5.41) is 5.85. The molecule has 3 aromatic rings. The third-order valence-corrected chi connectivity index (χ3v) is 5.03. The summed E-state index contributed by atoms with van der Waals surface area (Å²) in [7, 11) is 3.43. The Morgan fingerprint density at radius 1 is 1.10 bits per heavy atom. The number of thiazole rings is 1. The van der Waals surface area contributed by atoms with Gasteiger partial charge in [0, 0.05) is 37.1 Å². The van der Waals surface area contributed by atoms with Crippen LogP contribution in [0.3, 0.4) is 0 Å². The van der Waals surface area contributed by atoms with Gasteiger partial charge in [0.05, 0.1) is 10.7 Å². The van der Waals surface area contributed by atoms with E-state index in [0.29, 0.717) is 30.0 Å². The maximum absolute atomic E-state index is 12.5. The highest BCUT2D eigenvalue weighted by Gasteiger charge is 2.09. The molecule has 0 aliphatic heterocycles. The third-order valence-electron chi connectivity index (χ3n) is 4.21. The molecule has 0 unspecified atom stereocenters. The van der Waals surface area contributed by atoms with Gasteiger partial charge in [-0.15, -0.1) is 11.3 Å². The number of hydrogen-bond donors (Lipinski definition) is 1. The molecule has 6 nitrogen and oxygen atoms in total. The normalized spacial score (nSPS) is 10.4. The Hall–Kier alpha value is -3.19. The van der Waals surface area contributed by atoms with Crippen LogP contribution in [0.5, 0.6) is 5.75 Å². The van der Waals surface area contributed by atoms with Gasteiger partial charge in [0.25, 0.3) is 11.8 Å². The van der Waals surface area contributed by atoms with Gasteiger partial charge in [-0.25, -0.2) is 4.98 Å². The summed E-state index contributed by atoms with van der Waals surface area (Å²) < 4.78 is 5.74. The second-order valence-electron chi connectivity index (χ2n) is 6.75. The molecule has 0 atom stereocenters. The summed E-state index contributed by atoms with van der Waals surface area (Å²) in [6.45, 7) is 2.69. The Morgan fingerprint density at radius 3 is 2.52 bits per heavy atom. The number of ether oxygens (including phenoxy) is 1. The molecule has 7 heteroatoms. The zero-order chi connectivity index (χ0) is 20.8. The van der Waals surface area contributed by atoms with Crippen LogP contribution in [0.4, 0.5) is 0 Å². The van der Waals surface area contributed by atoms with Crippen molar-refractivity contribution in [2.75, 3.05) is 14.1 Å². The molecule has 3 rings (SSSR count). The predicted molar refractivity (Wildman–Crippen MR) is 113 cm³/mol. The van der Waals surface area contributed by atoms with Crippen molar-refractivity contribution < 1.29 is 14.3 Å². The number of aryl methyl sites for hydroxylation is 1. The number of carbonyl (C=O) groups excluding carboxylic acids is 2. The van der Waals surface area contributed by atoms with Crippen molar-refractivity contribution in [1.82, 2.24) is 15.2 Å². The van der Waals surface area contributed by atoms with Crippen LogP contribution in [0.15, 0.2) is 53.9 Å². The summed E-state index contributed by atoms with van der Waals surface area (Å²) >= 11 is 1.58. The fraction of sp³-hybridized carbons (Fsp3) is 0.227. The van der Waals surface area contributed by atoms with Crippen LogP contribution in [-0.4, -0.2) is 35.8 Å². The first kappa shape index (κ1) is 20.5. The van der Waals surface area contributed by atoms with E-state index >= 15 is 0 Å². The Morgan fingerprint density at radius 2 is 1.86 bits per heavy atom. The van der Waals surface area contributed by atoms with Gasteiger partial charge in [-0.1, -0.05) is 18.2 Å². The van der Waals surface area contributed by atoms with Crippen LogP contribution in [0, 0.1) is 6.92 Å². The van der Waals surface area contributed by atoms with Gasteiger partial charge < -0.3 is 15.0 Å². The van der Waals surface area contributed by atoms with Crippen LogP contribution in [0.2, 0.25) is 0 Å². The van der Waals surface area contributed by atoms with Crippen molar-refractivity contribution in [1.29, 1.82) is 0 Å². The molecule has 1 aromatic heterocycles. The van der Waals surface area contributed by atoms with E-state index < -0.39 is 0 Å². The number of benzene rings is 2. The Balaban J connectivity index is 1.56. The molecule has 0 fully saturated rings. The molecule has 0 aliphatic carbocycles. The average molecular weight is 410 g/mol. The van der Waals surface area contributed by atoms with E-state index in [-0.39, 0.29) is 11.8 Å². The predicted octanol–water partition coefficient (Wildman–Crippen LogP) is 3.66. The van der Waals surface area contributed by atoms with E-state index in [2.05, 4.69) is 10.3 Å². The van der Waals surface area contributed by atoms with Gasteiger partial charge in [-0.05, 0) is 42.8 Å². The molecule has 2 aromatic carbocycles. The lowest BCUT2D eigenvalue weighted by Gasteiger charge is -2.11. The van der Waals surface area contributed by atoms with Crippen LogP contribution < -0.4 is 10.1 Å². The highest BCUT2D eigenvalue weighted by molar-refractivity contribution is 7.09. The van der Waals surface area contributed by atoms with Crippen molar-refractivity contribution in [2.24, 2.45) is 0 Å². The molecule has 0 radical (unpaired) electrons. The van der Waals surface area contributed by atoms with Crippen molar-refractivity contribution in [2.45, 2.75) is 20.1 Å². The quantitative estimate of drug-likeness (QED) is 0.646. The Kier molecular flexibility index (Phi) is 6.61. The number of nitrogens with zero attached hydrogens (tertiary/aromatic N) is 2. The fourth-order valence-corrected chi connectivity index (χ4v) is 3.26. The minimum atomic E-state index is -0.187. The number of carbonyl (C=O) groups is 2. The topological polar surface area (TPSA) is 71.5 Å². The van der Waals surface area contributed by atoms with Gasteiger partial charge in [0.1, 0.15) is 12.4 Å². The first-order chi connectivity index (χ1) is 13.9. The zero-order valence-corrected chi connectivity index (χ0v) is 17.5. The van der Waals surface area contributed by atoms with E-state index in [9.17, 15) is 9.59 Å². The standard InChI is InChI=1S/C22H23N3O3S/c1-15-24-19(14-29-15)13-28-20-6-4-5-18(11-20)21(26)23-12-16-7-9-17(10-8-16)22(27)25(2)3/h4-11,14H,12-13H2,1-3H3,(H,23,26). The second-order valence-corrected chi connectivity index (χ2v) is 7.82. The number of rotatable bonds is 7. The Bertz CT molecular complexity index is 997. The van der Waals surface area contributed by atoms with E-state index in [1.807, 2.05) is 30.5 Å². The fourth-order valence-electron chi connectivity index (χ4n) is 2.67. The Labute approximate surface area is 174 Å². The molecule has 29 heavy (non-hydrogen) atoms. The van der Waals surface area contributed by atoms with Crippen molar-refractivity contribution in [3.63, 3.8) is 0 Å². The van der Waals surface area contributed by atoms with Gasteiger partial charge in [0.2, 0.25) is 0 Å². The van der Waals surface area contributed by atoms with Crippen LogP contribution in [0.1, 0.15) is 37.0 Å². The molecular weight excluding hydrogens is 386 g/mol. The molecule has 0 saturated carbocycles. The molecule has 0 spiro atoms. The summed E-state index contributed by atoms with van der Waals surface area (Å²) in [5.41, 5.74) is 2.93. The van der Waals surface area contributed by atoms with Crippen molar-refractivity contribution in [3.05, 3.63) is 81.3 Å². The highest BCUT2D eigenvalue weighted by Crippen LogP contribution is 2.16. The van der Waals surface area contributed by atoms with Crippen molar-refractivity contribution in [3.8, 4) is 5.75 Å². The van der Waals surface area contributed by atoms with E-state index in [0.717, 1.165) is 16.3 Å². The minimum absolute atomic E-state index is 0.0507. The summed E-state index contributed by atoms with van der Waals surface area (Å²) in [6.07, 6.45) is 0. The summed E-state index contributed by atoms with van der Waals surface area (Å²) in [6, 6.07) is 14.3. The van der Waals surface area contributed by atoms with Gasteiger partial charge in [-0.2, -0.15) is 0 Å². The molecule has 1 heterocycles. The van der Waals surface area contributed by atoms with Crippen LogP contribution >= 0.6 is 11.3 Å². The lowest BCUT2D eigenvalue weighted by molar-refractivity contribution is 0.0827.